The van der Waals surface area contributed by atoms with E-state index < -0.39 is 0 Å². The summed E-state index contributed by atoms with van der Waals surface area (Å²) in [6.07, 6.45) is 4.71. The minimum Gasteiger partial charge on any atom is -0.339 e. The number of carbonyl (C=O) groups is 1. The summed E-state index contributed by atoms with van der Waals surface area (Å²) in [5.74, 6) is 0.407. The molecule has 6 heteroatoms. The van der Waals surface area contributed by atoms with E-state index in [1.54, 1.807) is 42.7 Å². The largest absolute Gasteiger partial charge is 0.339 e. The number of halogens is 1. The van der Waals surface area contributed by atoms with Gasteiger partial charge in [0.25, 0.3) is 5.91 Å². The first-order valence-electron chi connectivity index (χ1n) is 6.91. The summed E-state index contributed by atoms with van der Waals surface area (Å²) >= 11 is 6.09. The molecular formula is C17H13ClN4O. The standard InChI is InChI=1S/C17H13ClN4O/c18-14-5-1-2-6-15(14)22-16-8-7-13(11-20-16)21-17(23)12-4-3-9-19-10-12/h1-11H,(H,20,22)(H,21,23). The zero-order valence-corrected chi connectivity index (χ0v) is 12.8. The maximum atomic E-state index is 12.0. The van der Waals surface area contributed by atoms with Crippen molar-refractivity contribution in [1.82, 2.24) is 9.97 Å². The van der Waals surface area contributed by atoms with Crippen LogP contribution in [0, 0.1) is 0 Å². The molecule has 0 aliphatic rings. The van der Waals surface area contributed by atoms with Gasteiger partial charge in [-0.3, -0.25) is 9.78 Å². The minimum atomic E-state index is -0.230. The molecule has 2 N–H and O–H groups in total. The van der Waals surface area contributed by atoms with E-state index >= 15 is 0 Å². The molecule has 0 bridgehead atoms. The Morgan fingerprint density at radius 3 is 2.57 bits per heavy atom. The number of nitrogens with zero attached hydrogens (tertiary/aromatic N) is 2. The molecule has 0 saturated carbocycles. The van der Waals surface area contributed by atoms with Gasteiger partial charge in [-0.05, 0) is 36.4 Å². The molecule has 0 radical (unpaired) electrons. The molecule has 2 heterocycles. The van der Waals surface area contributed by atoms with Crippen LogP contribution in [0.4, 0.5) is 17.2 Å². The van der Waals surface area contributed by atoms with Crippen molar-refractivity contribution in [2.24, 2.45) is 0 Å². The molecule has 0 fully saturated rings. The molecule has 2 aromatic heterocycles. The smallest absolute Gasteiger partial charge is 0.257 e. The van der Waals surface area contributed by atoms with Crippen molar-refractivity contribution in [3.8, 4) is 0 Å². The number of hydrogen-bond acceptors (Lipinski definition) is 4. The second-order valence-electron chi connectivity index (χ2n) is 4.73. The average molecular weight is 325 g/mol. The monoisotopic (exact) mass is 324 g/mol. The maximum Gasteiger partial charge on any atom is 0.257 e. The van der Waals surface area contributed by atoms with E-state index in [1.807, 2.05) is 18.2 Å². The summed E-state index contributed by atoms with van der Waals surface area (Å²) in [5, 5.41) is 6.50. The molecule has 0 aliphatic carbocycles. The van der Waals surface area contributed by atoms with Crippen LogP contribution in [0.15, 0.2) is 67.1 Å². The Hall–Kier alpha value is -2.92. The molecule has 0 unspecified atom stereocenters. The molecule has 0 spiro atoms. The van der Waals surface area contributed by atoms with Crippen LogP contribution in [0.5, 0.6) is 0 Å². The van der Waals surface area contributed by atoms with E-state index in [0.29, 0.717) is 22.1 Å². The van der Waals surface area contributed by atoms with Gasteiger partial charge >= 0.3 is 0 Å². The van der Waals surface area contributed by atoms with Crippen LogP contribution in [-0.2, 0) is 0 Å². The van der Waals surface area contributed by atoms with Crippen molar-refractivity contribution in [2.75, 3.05) is 10.6 Å². The predicted octanol–water partition coefficient (Wildman–Crippen LogP) is 4.13. The Bertz CT molecular complexity index is 806. The van der Waals surface area contributed by atoms with Gasteiger partial charge in [-0.2, -0.15) is 0 Å². The first-order chi connectivity index (χ1) is 11.2. The lowest BCUT2D eigenvalue weighted by Gasteiger charge is -2.09. The molecule has 5 nitrogen and oxygen atoms in total. The zero-order valence-electron chi connectivity index (χ0n) is 12.0. The number of rotatable bonds is 4. The van der Waals surface area contributed by atoms with Crippen LogP contribution in [0.1, 0.15) is 10.4 Å². The molecule has 1 aromatic carbocycles. The van der Waals surface area contributed by atoms with Crippen molar-refractivity contribution >= 4 is 34.7 Å². The first-order valence-corrected chi connectivity index (χ1v) is 7.29. The van der Waals surface area contributed by atoms with E-state index in [0.717, 1.165) is 5.69 Å². The zero-order chi connectivity index (χ0) is 16.1. The van der Waals surface area contributed by atoms with E-state index in [9.17, 15) is 4.79 Å². The fourth-order valence-electron chi connectivity index (χ4n) is 1.94. The Balaban J connectivity index is 1.68. The summed E-state index contributed by atoms with van der Waals surface area (Å²) in [6.45, 7) is 0. The molecule has 0 atom stereocenters. The highest BCUT2D eigenvalue weighted by Crippen LogP contribution is 2.24. The van der Waals surface area contributed by atoms with Crippen molar-refractivity contribution in [1.29, 1.82) is 0 Å². The number of amides is 1. The molecule has 3 aromatic rings. The first kappa shape index (κ1) is 15.0. The van der Waals surface area contributed by atoms with Gasteiger partial charge < -0.3 is 10.6 Å². The van der Waals surface area contributed by atoms with Crippen LogP contribution in [0.2, 0.25) is 5.02 Å². The Labute approximate surface area is 138 Å². The summed E-state index contributed by atoms with van der Waals surface area (Å²) in [7, 11) is 0. The van der Waals surface area contributed by atoms with Gasteiger partial charge in [-0.15, -0.1) is 0 Å². The summed E-state index contributed by atoms with van der Waals surface area (Å²) in [6, 6.07) is 14.3. The van der Waals surface area contributed by atoms with E-state index in [4.69, 9.17) is 11.6 Å². The van der Waals surface area contributed by atoms with Gasteiger partial charge in [-0.1, -0.05) is 23.7 Å². The highest BCUT2D eigenvalue weighted by atomic mass is 35.5. The highest BCUT2D eigenvalue weighted by molar-refractivity contribution is 6.33. The number of para-hydroxylation sites is 1. The summed E-state index contributed by atoms with van der Waals surface area (Å²) in [5.41, 5.74) is 1.86. The molecule has 3 rings (SSSR count). The highest BCUT2D eigenvalue weighted by Gasteiger charge is 2.06. The van der Waals surface area contributed by atoms with Gasteiger partial charge in [0.05, 0.1) is 28.2 Å². The predicted molar refractivity (Wildman–Crippen MR) is 91.2 cm³/mol. The molecule has 114 valence electrons. The number of pyridine rings is 2. The third-order valence-electron chi connectivity index (χ3n) is 3.08. The van der Waals surface area contributed by atoms with Crippen LogP contribution in [-0.4, -0.2) is 15.9 Å². The SMILES string of the molecule is O=C(Nc1ccc(Nc2ccccc2Cl)nc1)c1cccnc1. The molecule has 23 heavy (non-hydrogen) atoms. The van der Waals surface area contributed by atoms with Crippen LogP contribution < -0.4 is 10.6 Å². The number of carbonyl (C=O) groups excluding carboxylic acids is 1. The molecule has 1 amide bonds. The molecular weight excluding hydrogens is 312 g/mol. The van der Waals surface area contributed by atoms with Gasteiger partial charge in [0, 0.05) is 12.4 Å². The molecule has 0 aliphatic heterocycles. The Kier molecular flexibility index (Phi) is 4.49. The quantitative estimate of drug-likeness (QED) is 0.757. The fraction of sp³-hybridized carbons (Fsp3) is 0. The third kappa shape index (κ3) is 3.84. The van der Waals surface area contributed by atoms with Gasteiger partial charge in [-0.25, -0.2) is 4.98 Å². The number of anilines is 3. The van der Waals surface area contributed by atoms with Crippen molar-refractivity contribution in [3.05, 3.63) is 77.7 Å². The average Bonchev–Trinajstić information content (AvgIpc) is 2.59. The lowest BCUT2D eigenvalue weighted by Crippen LogP contribution is -2.12. The normalized spacial score (nSPS) is 10.1. The maximum absolute atomic E-state index is 12.0. The number of nitrogens with one attached hydrogen (secondary N) is 2. The van der Waals surface area contributed by atoms with Crippen molar-refractivity contribution in [3.63, 3.8) is 0 Å². The Morgan fingerprint density at radius 2 is 1.87 bits per heavy atom. The third-order valence-corrected chi connectivity index (χ3v) is 3.41. The minimum absolute atomic E-state index is 0.230. The second kappa shape index (κ2) is 6.89. The van der Waals surface area contributed by atoms with Crippen molar-refractivity contribution in [2.45, 2.75) is 0 Å². The van der Waals surface area contributed by atoms with Crippen molar-refractivity contribution < 1.29 is 4.79 Å². The van der Waals surface area contributed by atoms with Gasteiger partial charge in [0.15, 0.2) is 0 Å². The van der Waals surface area contributed by atoms with E-state index in [2.05, 4.69) is 20.6 Å². The Morgan fingerprint density at radius 1 is 1.00 bits per heavy atom. The summed E-state index contributed by atoms with van der Waals surface area (Å²) < 4.78 is 0. The van der Waals surface area contributed by atoms with Crippen LogP contribution in [0.25, 0.3) is 0 Å². The number of aromatic nitrogens is 2. The van der Waals surface area contributed by atoms with E-state index in [1.165, 1.54) is 6.20 Å². The fourth-order valence-corrected chi connectivity index (χ4v) is 2.13. The van der Waals surface area contributed by atoms with Gasteiger partial charge in [0.1, 0.15) is 5.82 Å². The van der Waals surface area contributed by atoms with Crippen LogP contribution in [0.3, 0.4) is 0 Å². The molecule has 0 saturated heterocycles. The second-order valence-corrected chi connectivity index (χ2v) is 5.14. The topological polar surface area (TPSA) is 66.9 Å². The number of benzene rings is 1. The lowest BCUT2D eigenvalue weighted by atomic mass is 10.2. The van der Waals surface area contributed by atoms with Gasteiger partial charge in [0.2, 0.25) is 0 Å². The number of hydrogen-bond donors (Lipinski definition) is 2. The van der Waals surface area contributed by atoms with E-state index in [-0.39, 0.29) is 5.91 Å². The lowest BCUT2D eigenvalue weighted by molar-refractivity contribution is 0.102. The summed E-state index contributed by atoms with van der Waals surface area (Å²) in [4.78, 5) is 20.2. The van der Waals surface area contributed by atoms with Crippen LogP contribution >= 0.6 is 11.6 Å².